The van der Waals surface area contributed by atoms with Crippen LogP contribution in [0.1, 0.15) is 0 Å². The van der Waals surface area contributed by atoms with Gasteiger partial charge in [-0.3, -0.25) is 0 Å². The molecule has 88 valence electrons. The molecule has 0 radical (unpaired) electrons. The summed E-state index contributed by atoms with van der Waals surface area (Å²) in [4.78, 5) is 0. The molecule has 0 aliphatic carbocycles. The molecule has 2 aromatic rings. The summed E-state index contributed by atoms with van der Waals surface area (Å²) >= 11 is 6.47. The molecule has 2 nitrogen and oxygen atoms in total. The average molecular weight is 437 g/mol. The van der Waals surface area contributed by atoms with Gasteiger partial charge >= 0.3 is 0 Å². The third-order valence-electron chi connectivity index (χ3n) is 1.65. The minimum Gasteiger partial charge on any atom is -0.508 e. The van der Waals surface area contributed by atoms with Crippen molar-refractivity contribution in [1.29, 1.82) is 0 Å². The first-order valence-corrected chi connectivity index (χ1v) is 6.05. The Labute approximate surface area is 136 Å². The van der Waals surface area contributed by atoms with Crippen LogP contribution >= 0.6 is 31.9 Å². The molecule has 2 rings (SSSR count). The van der Waals surface area contributed by atoms with Gasteiger partial charge in [0, 0.05) is 35.1 Å². The standard InChI is InChI=1S/2C6H5BrO.Zr/c2*7-5-1-3-6(8)4-2-5;/h2*1-4,8H;. The molecule has 0 fully saturated rings. The number of phenolic OH excluding ortho intramolecular Hbond substituents is 2. The van der Waals surface area contributed by atoms with Gasteiger partial charge in [0.25, 0.3) is 0 Å². The summed E-state index contributed by atoms with van der Waals surface area (Å²) in [7, 11) is 0. The smallest absolute Gasteiger partial charge is 0.115 e. The molecule has 0 unspecified atom stereocenters. The minimum absolute atomic E-state index is 0. The monoisotopic (exact) mass is 434 g/mol. The molecular formula is C12H10Br2O2Zr. The Hall–Kier alpha value is -0.117. The van der Waals surface area contributed by atoms with E-state index in [1.54, 1.807) is 48.5 Å². The summed E-state index contributed by atoms with van der Waals surface area (Å²) in [6, 6.07) is 13.7. The van der Waals surface area contributed by atoms with Gasteiger partial charge in [0.1, 0.15) is 11.5 Å². The SMILES string of the molecule is Oc1ccc(Br)cc1.Oc1ccc(Br)cc1.[Zr]. The van der Waals surface area contributed by atoms with Gasteiger partial charge in [0.2, 0.25) is 0 Å². The predicted octanol–water partition coefficient (Wildman–Crippen LogP) is 4.31. The quantitative estimate of drug-likeness (QED) is 0.645. The Morgan fingerprint density at radius 3 is 1.00 bits per heavy atom. The molecule has 5 heteroatoms. The molecule has 2 N–H and O–H groups in total. The molecule has 0 saturated heterocycles. The van der Waals surface area contributed by atoms with Crippen LogP contribution in [0.5, 0.6) is 11.5 Å². The third kappa shape index (κ3) is 7.74. The Bertz CT molecular complexity index is 344. The second-order valence-corrected chi connectivity index (χ2v) is 4.78. The maximum absolute atomic E-state index is 8.74. The molecule has 0 heterocycles. The van der Waals surface area contributed by atoms with E-state index in [1.807, 2.05) is 0 Å². The predicted molar refractivity (Wildman–Crippen MR) is 71.6 cm³/mol. The summed E-state index contributed by atoms with van der Waals surface area (Å²) in [6.45, 7) is 0. The van der Waals surface area contributed by atoms with E-state index in [0.717, 1.165) is 8.95 Å². The van der Waals surface area contributed by atoms with Crippen molar-refractivity contribution in [1.82, 2.24) is 0 Å². The molecule has 0 bridgehead atoms. The molecule has 0 aromatic heterocycles. The Morgan fingerprint density at radius 2 is 0.824 bits per heavy atom. The number of halogens is 2. The van der Waals surface area contributed by atoms with Gasteiger partial charge in [-0.25, -0.2) is 0 Å². The molecule has 0 saturated carbocycles. The summed E-state index contributed by atoms with van der Waals surface area (Å²) in [5.41, 5.74) is 0. The molecule has 2 aromatic carbocycles. The van der Waals surface area contributed by atoms with Crippen molar-refractivity contribution in [3.05, 3.63) is 57.5 Å². The van der Waals surface area contributed by atoms with Crippen LogP contribution in [0.15, 0.2) is 57.5 Å². The van der Waals surface area contributed by atoms with E-state index < -0.39 is 0 Å². The van der Waals surface area contributed by atoms with Gasteiger partial charge in [-0.1, -0.05) is 31.9 Å². The minimum atomic E-state index is 0. The van der Waals surface area contributed by atoms with Crippen LogP contribution in [-0.4, -0.2) is 10.2 Å². The normalized spacial score (nSPS) is 8.59. The second kappa shape index (κ2) is 8.90. The molecule has 17 heavy (non-hydrogen) atoms. The topological polar surface area (TPSA) is 40.5 Å². The number of phenols is 2. The summed E-state index contributed by atoms with van der Waals surface area (Å²) in [5, 5.41) is 17.5. The van der Waals surface area contributed by atoms with E-state index in [1.165, 1.54) is 0 Å². The Morgan fingerprint density at radius 1 is 0.588 bits per heavy atom. The maximum atomic E-state index is 8.74. The van der Waals surface area contributed by atoms with Crippen LogP contribution in [0.4, 0.5) is 0 Å². The largest absolute Gasteiger partial charge is 0.508 e. The van der Waals surface area contributed by atoms with E-state index in [2.05, 4.69) is 31.9 Å². The zero-order valence-electron chi connectivity index (χ0n) is 8.77. The fourth-order valence-electron chi connectivity index (χ4n) is 0.882. The number of aromatic hydroxyl groups is 2. The molecule has 0 atom stereocenters. The number of hydrogen-bond acceptors (Lipinski definition) is 2. The average Bonchev–Trinajstić information content (AvgIpc) is 2.28. The van der Waals surface area contributed by atoms with Crippen LogP contribution in [0.3, 0.4) is 0 Å². The second-order valence-electron chi connectivity index (χ2n) is 2.95. The first-order chi connectivity index (χ1) is 7.58. The van der Waals surface area contributed by atoms with E-state index in [4.69, 9.17) is 10.2 Å². The van der Waals surface area contributed by atoms with Gasteiger partial charge in [-0.05, 0) is 48.5 Å². The summed E-state index contributed by atoms with van der Waals surface area (Å²) in [5.74, 6) is 0.599. The van der Waals surface area contributed by atoms with E-state index in [-0.39, 0.29) is 26.2 Å². The van der Waals surface area contributed by atoms with Crippen LogP contribution in [0, 0.1) is 0 Å². The van der Waals surface area contributed by atoms with Crippen LogP contribution in [-0.2, 0) is 26.2 Å². The molecular weight excluding hydrogens is 427 g/mol. The molecule has 0 aliphatic rings. The van der Waals surface area contributed by atoms with Crippen molar-refractivity contribution < 1.29 is 36.4 Å². The van der Waals surface area contributed by atoms with E-state index >= 15 is 0 Å². The first-order valence-electron chi connectivity index (χ1n) is 4.47. The Balaban J connectivity index is 0.000000284. The van der Waals surface area contributed by atoms with Gasteiger partial charge < -0.3 is 10.2 Å². The fourth-order valence-corrected chi connectivity index (χ4v) is 1.41. The zero-order chi connectivity index (χ0) is 12.0. The van der Waals surface area contributed by atoms with Crippen LogP contribution < -0.4 is 0 Å². The van der Waals surface area contributed by atoms with Crippen molar-refractivity contribution in [2.24, 2.45) is 0 Å². The zero-order valence-corrected chi connectivity index (χ0v) is 14.4. The number of rotatable bonds is 0. The van der Waals surface area contributed by atoms with Crippen molar-refractivity contribution in [3.63, 3.8) is 0 Å². The number of hydrogen-bond donors (Lipinski definition) is 2. The fraction of sp³-hybridized carbons (Fsp3) is 0. The summed E-state index contributed by atoms with van der Waals surface area (Å²) < 4.78 is 1.96. The van der Waals surface area contributed by atoms with Crippen molar-refractivity contribution in [3.8, 4) is 11.5 Å². The molecule has 0 aliphatic heterocycles. The molecule has 0 spiro atoms. The van der Waals surface area contributed by atoms with E-state index in [9.17, 15) is 0 Å². The van der Waals surface area contributed by atoms with Crippen molar-refractivity contribution >= 4 is 31.9 Å². The summed E-state index contributed by atoms with van der Waals surface area (Å²) in [6.07, 6.45) is 0. The van der Waals surface area contributed by atoms with Gasteiger partial charge in [-0.2, -0.15) is 0 Å². The molecule has 0 amide bonds. The van der Waals surface area contributed by atoms with Gasteiger partial charge in [0.15, 0.2) is 0 Å². The Kier molecular flexibility index (Phi) is 8.84. The van der Waals surface area contributed by atoms with E-state index in [0.29, 0.717) is 11.5 Å². The maximum Gasteiger partial charge on any atom is 0.115 e. The van der Waals surface area contributed by atoms with Crippen LogP contribution in [0.25, 0.3) is 0 Å². The first kappa shape index (κ1) is 16.9. The van der Waals surface area contributed by atoms with Crippen molar-refractivity contribution in [2.75, 3.05) is 0 Å². The van der Waals surface area contributed by atoms with Gasteiger partial charge in [-0.15, -0.1) is 0 Å². The number of benzene rings is 2. The van der Waals surface area contributed by atoms with Gasteiger partial charge in [0.05, 0.1) is 0 Å². The van der Waals surface area contributed by atoms with Crippen LogP contribution in [0.2, 0.25) is 0 Å². The van der Waals surface area contributed by atoms with Crippen molar-refractivity contribution in [2.45, 2.75) is 0 Å². The third-order valence-corrected chi connectivity index (χ3v) is 2.71.